The molecule has 29 heavy (non-hydrogen) atoms. The van der Waals surface area contributed by atoms with Crippen molar-refractivity contribution in [2.45, 2.75) is 26.0 Å². The molecule has 2 fully saturated rings. The first-order chi connectivity index (χ1) is 14.1. The summed E-state index contributed by atoms with van der Waals surface area (Å²) >= 11 is 0. The molecule has 3 heterocycles. The average molecular weight is 397 g/mol. The van der Waals surface area contributed by atoms with Gasteiger partial charge in [0.15, 0.2) is 0 Å². The van der Waals surface area contributed by atoms with E-state index in [-0.39, 0.29) is 18.1 Å². The molecule has 154 valence electrons. The number of ether oxygens (including phenoxy) is 2. The highest BCUT2D eigenvalue weighted by Gasteiger charge is 2.29. The number of carbonyl (C=O) groups is 1. The number of carbonyl (C=O) groups excluding carboxylic acids is 1. The number of benzene rings is 1. The van der Waals surface area contributed by atoms with E-state index in [2.05, 4.69) is 49.4 Å². The zero-order valence-electron chi connectivity index (χ0n) is 16.9. The van der Waals surface area contributed by atoms with E-state index < -0.39 is 0 Å². The Hall–Kier alpha value is -2.87. The molecule has 8 nitrogen and oxygen atoms in total. The number of hydrogen-bond acceptors (Lipinski definition) is 7. The van der Waals surface area contributed by atoms with Crippen LogP contribution in [0.15, 0.2) is 36.5 Å². The maximum atomic E-state index is 11.2. The van der Waals surface area contributed by atoms with Gasteiger partial charge in [0.05, 0.1) is 32.3 Å². The summed E-state index contributed by atoms with van der Waals surface area (Å²) < 4.78 is 11.4. The van der Waals surface area contributed by atoms with Crippen LogP contribution in [0.5, 0.6) is 5.88 Å². The Kier molecular flexibility index (Phi) is 5.80. The average Bonchev–Trinajstić information content (AvgIpc) is 2.71. The third-order valence-corrected chi connectivity index (χ3v) is 5.22. The summed E-state index contributed by atoms with van der Waals surface area (Å²) in [6.45, 7) is 8.16. The normalized spacial score (nSPS) is 18.1. The summed E-state index contributed by atoms with van der Waals surface area (Å²) in [5.41, 5.74) is 2.24. The molecular weight excluding hydrogens is 370 g/mol. The zero-order chi connectivity index (χ0) is 20.2. The molecule has 2 saturated heterocycles. The Morgan fingerprint density at radius 3 is 2.59 bits per heavy atom. The molecule has 1 unspecified atom stereocenters. The van der Waals surface area contributed by atoms with Gasteiger partial charge in [-0.05, 0) is 24.6 Å². The smallest absolute Gasteiger partial charge is 0.228 e. The lowest BCUT2D eigenvalue weighted by molar-refractivity contribution is -0.119. The molecule has 4 rings (SSSR count). The fraction of sp³-hybridized carbons (Fsp3) is 0.476. The van der Waals surface area contributed by atoms with Gasteiger partial charge in [0, 0.05) is 38.0 Å². The molecule has 1 N–H and O–H groups in total. The molecule has 2 aliphatic rings. The predicted octanol–water partition coefficient (Wildman–Crippen LogP) is 1.78. The van der Waals surface area contributed by atoms with Crippen molar-refractivity contribution < 1.29 is 14.3 Å². The van der Waals surface area contributed by atoms with E-state index in [1.54, 1.807) is 6.20 Å². The summed E-state index contributed by atoms with van der Waals surface area (Å²) in [7, 11) is 0. The molecule has 2 aliphatic heterocycles. The van der Waals surface area contributed by atoms with Gasteiger partial charge in [0.25, 0.3) is 0 Å². The Labute approximate surface area is 170 Å². The van der Waals surface area contributed by atoms with E-state index in [0.29, 0.717) is 25.0 Å². The van der Waals surface area contributed by atoms with Crippen molar-refractivity contribution in [3.05, 3.63) is 42.1 Å². The van der Waals surface area contributed by atoms with Crippen LogP contribution in [0.3, 0.4) is 0 Å². The SMILES string of the molecule is CC(=O)NC(C)c1ccc(N2CC(Oc3ccnc(N4CCOCC4)n3)C2)cc1. The monoisotopic (exact) mass is 397 g/mol. The van der Waals surface area contributed by atoms with Crippen LogP contribution < -0.4 is 19.9 Å². The lowest BCUT2D eigenvalue weighted by Gasteiger charge is -2.40. The highest BCUT2D eigenvalue weighted by atomic mass is 16.5. The first-order valence-electron chi connectivity index (χ1n) is 10.0. The molecule has 1 atom stereocenters. The molecule has 2 aromatic rings. The summed E-state index contributed by atoms with van der Waals surface area (Å²) in [5, 5.41) is 2.90. The fourth-order valence-corrected chi connectivity index (χ4v) is 3.57. The first-order valence-corrected chi connectivity index (χ1v) is 10.0. The van der Waals surface area contributed by atoms with Crippen molar-refractivity contribution in [2.24, 2.45) is 0 Å². The fourth-order valence-electron chi connectivity index (χ4n) is 3.57. The van der Waals surface area contributed by atoms with Gasteiger partial charge >= 0.3 is 0 Å². The second kappa shape index (κ2) is 8.65. The van der Waals surface area contributed by atoms with Gasteiger partial charge in [-0.15, -0.1) is 0 Å². The van der Waals surface area contributed by atoms with Crippen LogP contribution in [-0.2, 0) is 9.53 Å². The van der Waals surface area contributed by atoms with Gasteiger partial charge in [-0.25, -0.2) is 4.98 Å². The highest BCUT2D eigenvalue weighted by Crippen LogP contribution is 2.26. The molecule has 0 aliphatic carbocycles. The number of hydrogen-bond donors (Lipinski definition) is 1. The maximum absolute atomic E-state index is 11.2. The second-order valence-corrected chi connectivity index (χ2v) is 7.45. The summed E-state index contributed by atoms with van der Waals surface area (Å²) in [6, 6.07) is 10.1. The van der Waals surface area contributed by atoms with Crippen LogP contribution in [0, 0.1) is 0 Å². The zero-order valence-corrected chi connectivity index (χ0v) is 16.9. The molecule has 1 amide bonds. The van der Waals surface area contributed by atoms with E-state index in [9.17, 15) is 4.79 Å². The topological polar surface area (TPSA) is 79.8 Å². The number of nitrogens with zero attached hydrogens (tertiary/aromatic N) is 4. The largest absolute Gasteiger partial charge is 0.470 e. The van der Waals surface area contributed by atoms with E-state index in [4.69, 9.17) is 9.47 Å². The third kappa shape index (κ3) is 4.76. The summed E-state index contributed by atoms with van der Waals surface area (Å²) in [4.78, 5) is 24.5. The van der Waals surface area contributed by atoms with Gasteiger partial charge in [-0.1, -0.05) is 12.1 Å². The Bertz CT molecular complexity index is 832. The van der Waals surface area contributed by atoms with Crippen LogP contribution in [0.25, 0.3) is 0 Å². The van der Waals surface area contributed by atoms with Crippen molar-refractivity contribution in [1.29, 1.82) is 0 Å². The van der Waals surface area contributed by atoms with Crippen molar-refractivity contribution >= 4 is 17.5 Å². The number of anilines is 2. The van der Waals surface area contributed by atoms with Gasteiger partial charge in [0.2, 0.25) is 17.7 Å². The Morgan fingerprint density at radius 2 is 1.90 bits per heavy atom. The summed E-state index contributed by atoms with van der Waals surface area (Å²) in [5.74, 6) is 1.29. The lowest BCUT2D eigenvalue weighted by Crippen LogP contribution is -2.54. The maximum Gasteiger partial charge on any atom is 0.228 e. The van der Waals surface area contributed by atoms with E-state index in [0.717, 1.165) is 37.4 Å². The lowest BCUT2D eigenvalue weighted by atomic mass is 10.1. The molecule has 0 bridgehead atoms. The Morgan fingerprint density at radius 1 is 1.17 bits per heavy atom. The first kappa shape index (κ1) is 19.4. The number of nitrogens with one attached hydrogen (secondary N) is 1. The Balaban J connectivity index is 1.29. The number of morpholine rings is 1. The van der Waals surface area contributed by atoms with E-state index >= 15 is 0 Å². The number of aromatic nitrogens is 2. The number of amides is 1. The molecule has 0 spiro atoms. The van der Waals surface area contributed by atoms with Crippen LogP contribution >= 0.6 is 0 Å². The van der Waals surface area contributed by atoms with Crippen LogP contribution in [0.1, 0.15) is 25.5 Å². The highest BCUT2D eigenvalue weighted by molar-refractivity contribution is 5.73. The molecule has 1 aromatic carbocycles. The van der Waals surface area contributed by atoms with Crippen molar-refractivity contribution in [3.8, 4) is 5.88 Å². The number of rotatable bonds is 6. The van der Waals surface area contributed by atoms with E-state index in [1.165, 1.54) is 6.92 Å². The molecule has 8 heteroatoms. The molecular formula is C21H27N5O3. The standard InChI is InChI=1S/C21H27N5O3/c1-15(23-16(2)27)17-3-5-18(6-4-17)26-13-19(14-26)29-20-7-8-22-21(24-20)25-9-11-28-12-10-25/h3-8,15,19H,9-14H2,1-2H3,(H,23,27). The van der Waals surface area contributed by atoms with Crippen LogP contribution in [-0.4, -0.2) is 61.4 Å². The second-order valence-electron chi connectivity index (χ2n) is 7.45. The predicted molar refractivity (Wildman–Crippen MR) is 110 cm³/mol. The molecule has 0 radical (unpaired) electrons. The van der Waals surface area contributed by atoms with Gasteiger partial charge in [-0.2, -0.15) is 4.98 Å². The van der Waals surface area contributed by atoms with Crippen LogP contribution in [0.2, 0.25) is 0 Å². The van der Waals surface area contributed by atoms with Crippen molar-refractivity contribution in [2.75, 3.05) is 49.2 Å². The van der Waals surface area contributed by atoms with Crippen molar-refractivity contribution in [1.82, 2.24) is 15.3 Å². The van der Waals surface area contributed by atoms with Crippen LogP contribution in [0.4, 0.5) is 11.6 Å². The van der Waals surface area contributed by atoms with E-state index in [1.807, 2.05) is 13.0 Å². The van der Waals surface area contributed by atoms with Gasteiger partial charge < -0.3 is 24.6 Å². The summed E-state index contributed by atoms with van der Waals surface area (Å²) in [6.07, 6.45) is 1.86. The minimum atomic E-state index is -0.0224. The third-order valence-electron chi connectivity index (χ3n) is 5.22. The van der Waals surface area contributed by atoms with Gasteiger partial charge in [-0.3, -0.25) is 4.79 Å². The quantitative estimate of drug-likeness (QED) is 0.796. The minimum Gasteiger partial charge on any atom is -0.470 e. The molecule has 0 saturated carbocycles. The molecule has 1 aromatic heterocycles. The van der Waals surface area contributed by atoms with Gasteiger partial charge in [0.1, 0.15) is 6.10 Å². The minimum absolute atomic E-state index is 0.00690. The van der Waals surface area contributed by atoms with Crippen molar-refractivity contribution in [3.63, 3.8) is 0 Å².